The zero-order valence-corrected chi connectivity index (χ0v) is 12.6. The monoisotopic (exact) mass is 293 g/mol. The van der Waals surface area contributed by atoms with Crippen LogP contribution in [0.4, 0.5) is 5.95 Å². The van der Waals surface area contributed by atoms with Crippen molar-refractivity contribution in [3.05, 3.63) is 33.5 Å². The second-order valence-corrected chi connectivity index (χ2v) is 5.61. The molecule has 0 spiro atoms. The van der Waals surface area contributed by atoms with Crippen LogP contribution in [0.2, 0.25) is 0 Å². The molecule has 100 valence electrons. The molecule has 0 radical (unpaired) electrons. The van der Waals surface area contributed by atoms with Gasteiger partial charge in [0.1, 0.15) is 15.7 Å². The zero-order valence-electron chi connectivity index (χ0n) is 11.0. The fourth-order valence-corrected chi connectivity index (χ4v) is 2.49. The molecule has 1 atom stereocenters. The van der Waals surface area contributed by atoms with Crippen LogP contribution in [0, 0.1) is 13.8 Å². The number of aromatic nitrogens is 3. The Balaban J connectivity index is 2.21. The van der Waals surface area contributed by atoms with Crippen LogP contribution < -0.4 is 11.1 Å². The van der Waals surface area contributed by atoms with E-state index >= 15 is 0 Å². The van der Waals surface area contributed by atoms with Gasteiger partial charge in [0, 0.05) is 16.8 Å². The maximum absolute atomic E-state index is 5.60. The molecule has 5 nitrogen and oxygen atoms in total. The van der Waals surface area contributed by atoms with Crippen LogP contribution in [-0.2, 0) is 0 Å². The Morgan fingerprint density at radius 2 is 2.05 bits per heavy atom. The van der Waals surface area contributed by atoms with Crippen molar-refractivity contribution in [2.75, 3.05) is 5.32 Å². The summed E-state index contributed by atoms with van der Waals surface area (Å²) < 4.78 is 0. The minimum atomic E-state index is 0.0414. The van der Waals surface area contributed by atoms with E-state index in [-0.39, 0.29) is 11.0 Å². The van der Waals surface area contributed by atoms with Gasteiger partial charge in [0.25, 0.3) is 0 Å². The average Bonchev–Trinajstić information content (AvgIpc) is 2.75. The van der Waals surface area contributed by atoms with Crippen LogP contribution in [-0.4, -0.2) is 19.9 Å². The van der Waals surface area contributed by atoms with Crippen molar-refractivity contribution in [3.63, 3.8) is 0 Å². The smallest absolute Gasteiger partial charge is 0.224 e. The van der Waals surface area contributed by atoms with Gasteiger partial charge < -0.3 is 11.1 Å². The Bertz CT molecular complexity index is 608. The Hall–Kier alpha value is -1.60. The van der Waals surface area contributed by atoms with Crippen LogP contribution in [0.1, 0.15) is 35.1 Å². The van der Waals surface area contributed by atoms with Crippen molar-refractivity contribution in [2.24, 2.45) is 5.73 Å². The Kier molecular flexibility index (Phi) is 4.06. The summed E-state index contributed by atoms with van der Waals surface area (Å²) in [6.45, 7) is 5.87. The molecule has 2 aromatic rings. The summed E-state index contributed by atoms with van der Waals surface area (Å²) in [5.41, 5.74) is 8.01. The second kappa shape index (κ2) is 5.58. The van der Waals surface area contributed by atoms with E-state index in [0.717, 1.165) is 16.4 Å². The average molecular weight is 293 g/mol. The van der Waals surface area contributed by atoms with Crippen molar-refractivity contribution in [1.82, 2.24) is 15.0 Å². The highest BCUT2D eigenvalue weighted by Crippen LogP contribution is 2.20. The van der Waals surface area contributed by atoms with E-state index in [9.17, 15) is 0 Å². The maximum Gasteiger partial charge on any atom is 0.224 e. The lowest BCUT2D eigenvalue weighted by atomic mass is 10.3. The lowest BCUT2D eigenvalue weighted by molar-refractivity contribution is 0.840. The van der Waals surface area contributed by atoms with Gasteiger partial charge >= 0.3 is 0 Å². The molecule has 0 fully saturated rings. The lowest BCUT2D eigenvalue weighted by Gasteiger charge is -2.12. The van der Waals surface area contributed by atoms with Gasteiger partial charge in [-0.2, -0.15) is 0 Å². The lowest BCUT2D eigenvalue weighted by Crippen LogP contribution is -2.16. The zero-order chi connectivity index (χ0) is 14.0. The fraction of sp³-hybridized carbons (Fsp3) is 0.333. The van der Waals surface area contributed by atoms with Gasteiger partial charge in [0.05, 0.1) is 6.04 Å². The maximum atomic E-state index is 5.60. The number of anilines is 1. The number of nitrogens with zero attached hydrogens (tertiary/aromatic N) is 3. The predicted molar refractivity (Wildman–Crippen MR) is 81.5 cm³/mol. The molecule has 0 aliphatic carbocycles. The van der Waals surface area contributed by atoms with Gasteiger partial charge in [0.15, 0.2) is 0 Å². The number of thiazole rings is 1. The first-order chi connectivity index (χ1) is 8.95. The summed E-state index contributed by atoms with van der Waals surface area (Å²) in [6.07, 6.45) is 0. The SMILES string of the molecule is Cc1cc(C(N)=S)nc(NC(C)c2nc(C)cs2)n1. The summed E-state index contributed by atoms with van der Waals surface area (Å²) in [5.74, 6) is 0.517. The van der Waals surface area contributed by atoms with Crippen LogP contribution >= 0.6 is 23.6 Å². The van der Waals surface area contributed by atoms with E-state index in [1.54, 1.807) is 17.4 Å². The molecule has 2 heterocycles. The van der Waals surface area contributed by atoms with Crippen LogP contribution in [0.25, 0.3) is 0 Å². The molecule has 0 saturated heterocycles. The van der Waals surface area contributed by atoms with E-state index < -0.39 is 0 Å². The highest BCUT2D eigenvalue weighted by molar-refractivity contribution is 7.80. The molecule has 0 saturated carbocycles. The first-order valence-corrected chi connectivity index (χ1v) is 7.08. The fourth-order valence-electron chi connectivity index (χ4n) is 1.59. The van der Waals surface area contributed by atoms with Gasteiger partial charge in [0.2, 0.25) is 5.95 Å². The summed E-state index contributed by atoms with van der Waals surface area (Å²) >= 11 is 6.55. The van der Waals surface area contributed by atoms with Crippen LogP contribution in [0.3, 0.4) is 0 Å². The van der Waals surface area contributed by atoms with Crippen molar-refractivity contribution >= 4 is 34.5 Å². The van der Waals surface area contributed by atoms with E-state index in [4.69, 9.17) is 18.0 Å². The number of hydrogen-bond donors (Lipinski definition) is 2. The van der Waals surface area contributed by atoms with Gasteiger partial charge in [-0.25, -0.2) is 15.0 Å². The van der Waals surface area contributed by atoms with Gasteiger partial charge in [-0.1, -0.05) is 12.2 Å². The van der Waals surface area contributed by atoms with E-state index in [1.165, 1.54) is 0 Å². The number of aryl methyl sites for hydroxylation is 2. The number of rotatable bonds is 4. The predicted octanol–water partition coefficient (Wildman–Crippen LogP) is 2.36. The van der Waals surface area contributed by atoms with Gasteiger partial charge in [-0.3, -0.25) is 0 Å². The van der Waals surface area contributed by atoms with Gasteiger partial charge in [-0.05, 0) is 26.8 Å². The third kappa shape index (κ3) is 3.45. The summed E-state index contributed by atoms with van der Waals surface area (Å²) in [5, 5.41) is 6.24. The Morgan fingerprint density at radius 3 is 2.63 bits per heavy atom. The topological polar surface area (TPSA) is 76.7 Å². The number of hydrogen-bond acceptors (Lipinski definition) is 6. The molecule has 0 amide bonds. The molecule has 3 N–H and O–H groups in total. The number of nitrogens with one attached hydrogen (secondary N) is 1. The summed E-state index contributed by atoms with van der Waals surface area (Å²) in [4.78, 5) is 13.3. The minimum absolute atomic E-state index is 0.0414. The molecular weight excluding hydrogens is 278 g/mol. The molecule has 0 aliphatic heterocycles. The van der Waals surface area contributed by atoms with E-state index in [2.05, 4.69) is 20.3 Å². The minimum Gasteiger partial charge on any atom is -0.388 e. The van der Waals surface area contributed by atoms with E-state index in [1.807, 2.05) is 26.2 Å². The third-order valence-corrected chi connectivity index (χ3v) is 3.81. The Labute approximate surface area is 121 Å². The van der Waals surface area contributed by atoms with Crippen molar-refractivity contribution in [3.8, 4) is 0 Å². The molecule has 0 bridgehead atoms. The van der Waals surface area contributed by atoms with E-state index in [0.29, 0.717) is 11.6 Å². The van der Waals surface area contributed by atoms with Crippen LogP contribution in [0.5, 0.6) is 0 Å². The van der Waals surface area contributed by atoms with Crippen LogP contribution in [0.15, 0.2) is 11.4 Å². The highest BCUT2D eigenvalue weighted by Gasteiger charge is 2.12. The molecular formula is C12H15N5S2. The molecule has 0 aromatic carbocycles. The number of nitrogens with two attached hydrogens (primary N) is 1. The first-order valence-electron chi connectivity index (χ1n) is 5.79. The normalized spacial score (nSPS) is 12.2. The summed E-state index contributed by atoms with van der Waals surface area (Å²) in [6, 6.07) is 1.81. The number of thiocarbonyl (C=S) groups is 1. The molecule has 7 heteroatoms. The molecule has 2 rings (SSSR count). The quantitative estimate of drug-likeness (QED) is 0.843. The molecule has 0 aliphatic rings. The first kappa shape index (κ1) is 13.8. The van der Waals surface area contributed by atoms with Crippen molar-refractivity contribution in [2.45, 2.75) is 26.8 Å². The van der Waals surface area contributed by atoms with Crippen molar-refractivity contribution in [1.29, 1.82) is 0 Å². The standard InChI is InChI=1S/C12H15N5S2/c1-6-4-9(10(13)18)17-12(15-6)16-8(3)11-14-7(2)5-19-11/h4-5,8H,1-3H3,(H2,13,18)(H,15,16,17). The van der Waals surface area contributed by atoms with Crippen molar-refractivity contribution < 1.29 is 0 Å². The molecule has 19 heavy (non-hydrogen) atoms. The second-order valence-electron chi connectivity index (χ2n) is 4.28. The summed E-state index contributed by atoms with van der Waals surface area (Å²) in [7, 11) is 0. The largest absolute Gasteiger partial charge is 0.388 e. The molecule has 1 unspecified atom stereocenters. The highest BCUT2D eigenvalue weighted by atomic mass is 32.1. The van der Waals surface area contributed by atoms with Gasteiger partial charge in [-0.15, -0.1) is 11.3 Å². The molecule has 2 aromatic heterocycles. The Morgan fingerprint density at radius 1 is 1.32 bits per heavy atom. The third-order valence-electron chi connectivity index (χ3n) is 2.46.